The van der Waals surface area contributed by atoms with Crippen LogP contribution in [-0.4, -0.2) is 47.0 Å². The average Bonchev–Trinajstić information content (AvgIpc) is 2.87. The predicted octanol–water partition coefficient (Wildman–Crippen LogP) is 4.21. The lowest BCUT2D eigenvalue weighted by atomic mass is 10.1. The number of nitrogens with zero attached hydrogens (tertiary/aromatic N) is 1. The molecule has 0 saturated carbocycles. The average molecular weight is 524 g/mol. The van der Waals surface area contributed by atoms with Crippen LogP contribution >= 0.6 is 0 Å². The van der Waals surface area contributed by atoms with E-state index in [-0.39, 0.29) is 16.4 Å². The molecule has 0 spiro atoms. The van der Waals surface area contributed by atoms with Crippen LogP contribution in [0.3, 0.4) is 0 Å². The topological polar surface area (TPSA) is 105 Å². The first kappa shape index (κ1) is 27.9. The van der Waals surface area contributed by atoms with E-state index in [1.165, 1.54) is 12.1 Å². The second kappa shape index (κ2) is 12.5. The Hall–Kier alpha value is -3.69. The Morgan fingerprint density at radius 3 is 2.30 bits per heavy atom. The maximum absolute atomic E-state index is 13.6. The van der Waals surface area contributed by atoms with Gasteiger partial charge in [-0.2, -0.15) is 0 Å². The van der Waals surface area contributed by atoms with Gasteiger partial charge in [0, 0.05) is 20.3 Å². The van der Waals surface area contributed by atoms with Crippen LogP contribution in [0.2, 0.25) is 0 Å². The summed E-state index contributed by atoms with van der Waals surface area (Å²) in [5, 5.41) is 5.52. The normalized spacial score (nSPS) is 11.1. The van der Waals surface area contributed by atoms with Gasteiger partial charge in [-0.3, -0.25) is 13.9 Å². The van der Waals surface area contributed by atoms with E-state index in [2.05, 4.69) is 10.6 Å². The van der Waals surface area contributed by atoms with Crippen LogP contribution in [-0.2, 0) is 19.6 Å². The molecule has 3 aromatic carbocycles. The fourth-order valence-electron chi connectivity index (χ4n) is 3.66. The fourth-order valence-corrected chi connectivity index (χ4v) is 5.07. The van der Waals surface area contributed by atoms with E-state index >= 15 is 0 Å². The molecule has 2 N–H and O–H groups in total. The monoisotopic (exact) mass is 523 g/mol. The third-order valence-corrected chi connectivity index (χ3v) is 7.72. The lowest BCUT2D eigenvalue weighted by Gasteiger charge is -2.25. The lowest BCUT2D eigenvalue weighted by molar-refractivity contribution is -0.114. The molecule has 8 nitrogen and oxygen atoms in total. The van der Waals surface area contributed by atoms with Crippen molar-refractivity contribution < 1.29 is 22.7 Å². The number of rotatable bonds is 11. The summed E-state index contributed by atoms with van der Waals surface area (Å²) >= 11 is 0. The van der Waals surface area contributed by atoms with Gasteiger partial charge in [-0.15, -0.1) is 0 Å². The number of aryl methyl sites for hydroxylation is 3. The number of anilines is 2. The number of ether oxygens (including phenoxy) is 1. The Balaban J connectivity index is 1.88. The molecular formula is C28H33N3O5S. The van der Waals surface area contributed by atoms with Crippen molar-refractivity contribution in [3.8, 4) is 0 Å². The van der Waals surface area contributed by atoms with Crippen molar-refractivity contribution in [2.75, 3.05) is 36.4 Å². The molecule has 37 heavy (non-hydrogen) atoms. The number of sulfonamides is 1. The zero-order valence-electron chi connectivity index (χ0n) is 21.6. The Bertz CT molecular complexity index is 1350. The lowest BCUT2D eigenvalue weighted by Crippen LogP contribution is -2.38. The van der Waals surface area contributed by atoms with Crippen LogP contribution in [0, 0.1) is 20.8 Å². The van der Waals surface area contributed by atoms with Gasteiger partial charge in [-0.25, -0.2) is 8.42 Å². The van der Waals surface area contributed by atoms with Crippen molar-refractivity contribution in [1.82, 2.24) is 5.32 Å². The van der Waals surface area contributed by atoms with E-state index in [9.17, 15) is 18.0 Å². The first-order valence-corrected chi connectivity index (χ1v) is 13.4. The molecule has 2 amide bonds. The molecule has 0 fully saturated rings. The number of hydrogen-bond donors (Lipinski definition) is 2. The number of benzene rings is 3. The molecule has 3 rings (SSSR count). The highest BCUT2D eigenvalue weighted by Crippen LogP contribution is 2.26. The van der Waals surface area contributed by atoms with Crippen molar-refractivity contribution in [2.24, 2.45) is 0 Å². The second-order valence-corrected chi connectivity index (χ2v) is 10.7. The summed E-state index contributed by atoms with van der Waals surface area (Å²) in [7, 11) is -2.46. The SMILES string of the molecule is COCCCNC(=O)c1ccccc1NC(=O)CN(c1ccc(C)c(C)c1)S(=O)(=O)c1ccc(C)cc1. The number of nitrogens with one attached hydrogen (secondary N) is 2. The summed E-state index contributed by atoms with van der Waals surface area (Å²) in [5.74, 6) is -0.918. The van der Waals surface area contributed by atoms with Crippen molar-refractivity contribution in [3.63, 3.8) is 0 Å². The highest BCUT2D eigenvalue weighted by Gasteiger charge is 2.28. The molecule has 0 saturated heterocycles. The van der Waals surface area contributed by atoms with Crippen LogP contribution in [0.15, 0.2) is 71.6 Å². The van der Waals surface area contributed by atoms with Crippen LogP contribution in [0.4, 0.5) is 11.4 Å². The van der Waals surface area contributed by atoms with Gasteiger partial charge in [0.05, 0.1) is 21.8 Å². The number of carbonyl (C=O) groups excluding carboxylic acids is 2. The number of para-hydroxylation sites is 1. The molecule has 9 heteroatoms. The first-order chi connectivity index (χ1) is 17.6. The highest BCUT2D eigenvalue weighted by molar-refractivity contribution is 7.92. The Labute approximate surface area is 218 Å². The molecular weight excluding hydrogens is 490 g/mol. The molecule has 3 aromatic rings. The number of amides is 2. The van der Waals surface area contributed by atoms with Gasteiger partial charge in [0.25, 0.3) is 15.9 Å². The van der Waals surface area contributed by atoms with Gasteiger partial charge in [0.15, 0.2) is 0 Å². The molecule has 196 valence electrons. The second-order valence-electron chi connectivity index (χ2n) is 8.79. The van der Waals surface area contributed by atoms with E-state index in [0.717, 1.165) is 21.0 Å². The van der Waals surface area contributed by atoms with Crippen LogP contribution in [0.25, 0.3) is 0 Å². The summed E-state index contributed by atoms with van der Waals surface area (Å²) in [6, 6.07) is 18.3. The van der Waals surface area contributed by atoms with Gasteiger partial charge < -0.3 is 15.4 Å². The Morgan fingerprint density at radius 1 is 0.919 bits per heavy atom. The third kappa shape index (κ3) is 7.18. The van der Waals surface area contributed by atoms with Crippen molar-refractivity contribution in [3.05, 3.63) is 89.0 Å². The molecule has 0 aliphatic rings. The molecule has 0 aromatic heterocycles. The van der Waals surface area contributed by atoms with E-state index in [0.29, 0.717) is 30.9 Å². The van der Waals surface area contributed by atoms with Crippen molar-refractivity contribution in [2.45, 2.75) is 32.1 Å². The third-order valence-electron chi connectivity index (χ3n) is 5.93. The smallest absolute Gasteiger partial charge is 0.264 e. The molecule has 0 unspecified atom stereocenters. The maximum Gasteiger partial charge on any atom is 0.264 e. The van der Waals surface area contributed by atoms with E-state index < -0.39 is 22.5 Å². The summed E-state index contributed by atoms with van der Waals surface area (Å²) in [5.41, 5.74) is 3.79. The molecule has 0 heterocycles. The quantitative estimate of drug-likeness (QED) is 0.366. The minimum atomic E-state index is -4.05. The Kier molecular flexibility index (Phi) is 9.43. The van der Waals surface area contributed by atoms with Gasteiger partial charge in [0.1, 0.15) is 6.54 Å². The molecule has 0 bridgehead atoms. The minimum absolute atomic E-state index is 0.0833. The predicted molar refractivity (Wildman–Crippen MR) is 146 cm³/mol. The zero-order chi connectivity index (χ0) is 27.0. The number of carbonyl (C=O) groups is 2. The molecule has 0 aliphatic heterocycles. The van der Waals surface area contributed by atoms with E-state index in [1.54, 1.807) is 55.6 Å². The van der Waals surface area contributed by atoms with Crippen LogP contribution < -0.4 is 14.9 Å². The molecule has 0 aliphatic carbocycles. The number of methoxy groups -OCH3 is 1. The first-order valence-electron chi connectivity index (χ1n) is 12.0. The highest BCUT2D eigenvalue weighted by atomic mass is 32.2. The van der Waals surface area contributed by atoms with Crippen LogP contribution in [0.1, 0.15) is 33.5 Å². The summed E-state index contributed by atoms with van der Waals surface area (Å²) in [6.07, 6.45) is 0.651. The van der Waals surface area contributed by atoms with Crippen LogP contribution in [0.5, 0.6) is 0 Å². The van der Waals surface area contributed by atoms with Gasteiger partial charge in [-0.1, -0.05) is 35.9 Å². The zero-order valence-corrected chi connectivity index (χ0v) is 22.4. The summed E-state index contributed by atoms with van der Waals surface area (Å²) in [4.78, 5) is 26.0. The summed E-state index contributed by atoms with van der Waals surface area (Å²) < 4.78 is 33.4. The van der Waals surface area contributed by atoms with E-state index in [4.69, 9.17) is 4.74 Å². The van der Waals surface area contributed by atoms with Crippen molar-refractivity contribution in [1.29, 1.82) is 0 Å². The molecule has 0 radical (unpaired) electrons. The van der Waals surface area contributed by atoms with Gasteiger partial charge in [0.2, 0.25) is 5.91 Å². The van der Waals surface area contributed by atoms with Crippen molar-refractivity contribution >= 4 is 33.2 Å². The minimum Gasteiger partial charge on any atom is -0.385 e. The molecule has 0 atom stereocenters. The number of hydrogen-bond acceptors (Lipinski definition) is 5. The van der Waals surface area contributed by atoms with E-state index in [1.807, 2.05) is 26.8 Å². The Morgan fingerprint density at radius 2 is 1.62 bits per heavy atom. The maximum atomic E-state index is 13.6. The standard InChI is InChI=1S/C28H33N3O5S/c1-20-10-14-24(15-11-20)37(34,35)31(23-13-12-21(2)22(3)18-23)19-27(32)30-26-9-6-5-8-25(26)28(33)29-16-7-17-36-4/h5-6,8-15,18H,7,16-17,19H2,1-4H3,(H,29,33)(H,30,32). The summed E-state index contributed by atoms with van der Waals surface area (Å²) in [6.45, 7) is 6.16. The largest absolute Gasteiger partial charge is 0.385 e. The van der Waals surface area contributed by atoms with Gasteiger partial charge in [-0.05, 0) is 74.7 Å². The fraction of sp³-hybridized carbons (Fsp3) is 0.286. The van der Waals surface area contributed by atoms with Gasteiger partial charge >= 0.3 is 0 Å².